The van der Waals surface area contributed by atoms with Gasteiger partial charge in [0.25, 0.3) is 5.91 Å². The van der Waals surface area contributed by atoms with Gasteiger partial charge in [0.05, 0.1) is 11.3 Å². The summed E-state index contributed by atoms with van der Waals surface area (Å²) in [5.41, 5.74) is 2.26. The first-order valence-corrected chi connectivity index (χ1v) is 9.67. The summed E-state index contributed by atoms with van der Waals surface area (Å²) in [6.45, 7) is 2.82. The highest BCUT2D eigenvalue weighted by Crippen LogP contribution is 2.38. The summed E-state index contributed by atoms with van der Waals surface area (Å²) in [6.07, 6.45) is 2.35. The Labute approximate surface area is 151 Å². The van der Waals surface area contributed by atoms with E-state index >= 15 is 0 Å². The van der Waals surface area contributed by atoms with Crippen molar-refractivity contribution >= 4 is 23.2 Å². The Bertz CT molecular complexity index is 787. The molecule has 2 aliphatic rings. The Morgan fingerprint density at radius 1 is 1.24 bits per heavy atom. The molecule has 1 N–H and O–H groups in total. The van der Waals surface area contributed by atoms with Crippen molar-refractivity contribution in [2.24, 2.45) is 5.92 Å². The molecule has 0 spiro atoms. The second-order valence-corrected chi connectivity index (χ2v) is 8.10. The molecule has 2 amide bonds. The number of likely N-dealkylation sites (tertiary alicyclic amines) is 1. The summed E-state index contributed by atoms with van der Waals surface area (Å²) in [5.74, 6) is 0.613. The minimum atomic E-state index is 0.0187. The van der Waals surface area contributed by atoms with Gasteiger partial charge in [0, 0.05) is 18.6 Å². The van der Waals surface area contributed by atoms with Crippen LogP contribution in [0.25, 0.3) is 0 Å². The van der Waals surface area contributed by atoms with Crippen molar-refractivity contribution in [2.45, 2.75) is 38.3 Å². The molecule has 1 saturated heterocycles. The predicted molar refractivity (Wildman–Crippen MR) is 98.7 cm³/mol. The van der Waals surface area contributed by atoms with Gasteiger partial charge in [-0.3, -0.25) is 9.59 Å². The van der Waals surface area contributed by atoms with Crippen LogP contribution in [-0.4, -0.2) is 35.3 Å². The van der Waals surface area contributed by atoms with E-state index in [1.807, 2.05) is 47.5 Å². The highest BCUT2D eigenvalue weighted by molar-refractivity contribution is 7.12. The van der Waals surface area contributed by atoms with E-state index in [2.05, 4.69) is 11.4 Å². The molecule has 25 heavy (non-hydrogen) atoms. The number of thiophene rings is 1. The maximum Gasteiger partial charge on any atom is 0.261 e. The summed E-state index contributed by atoms with van der Waals surface area (Å²) in [6, 6.07) is 12.4. The Morgan fingerprint density at radius 3 is 2.80 bits per heavy atom. The van der Waals surface area contributed by atoms with Crippen molar-refractivity contribution in [3.05, 3.63) is 57.8 Å². The zero-order valence-electron chi connectivity index (χ0n) is 14.3. The fourth-order valence-electron chi connectivity index (χ4n) is 4.18. The van der Waals surface area contributed by atoms with Crippen LogP contribution in [-0.2, 0) is 11.2 Å². The number of nitrogens with zero attached hydrogens (tertiary/aromatic N) is 1. The predicted octanol–water partition coefficient (Wildman–Crippen LogP) is 3.02. The molecule has 1 aromatic carbocycles. The van der Waals surface area contributed by atoms with Crippen LogP contribution in [0.1, 0.15) is 33.6 Å². The number of hydrogen-bond donors (Lipinski definition) is 1. The highest BCUT2D eigenvalue weighted by Gasteiger charge is 2.46. The first-order valence-electron chi connectivity index (χ1n) is 8.79. The standard InChI is InChI=1S/C20H22N2O2S/c1-13-4-2-5-14(8-13)9-19(23)22-12-15-10-16(22)11-17(15)21-20(24)18-6-3-7-25-18/h2-8,15-17H,9-12H2,1H3,(H,21,24)/t15-,16-,17-/m0/s1. The van der Waals surface area contributed by atoms with Gasteiger partial charge in [-0.2, -0.15) is 0 Å². The molecule has 2 aromatic rings. The topological polar surface area (TPSA) is 49.4 Å². The zero-order valence-corrected chi connectivity index (χ0v) is 15.1. The monoisotopic (exact) mass is 354 g/mol. The van der Waals surface area contributed by atoms with E-state index in [0.29, 0.717) is 12.3 Å². The van der Waals surface area contributed by atoms with Gasteiger partial charge in [-0.05, 0) is 42.7 Å². The molecule has 1 aromatic heterocycles. The number of nitrogens with one attached hydrogen (secondary N) is 1. The van der Waals surface area contributed by atoms with E-state index in [9.17, 15) is 9.59 Å². The molecule has 1 aliphatic heterocycles. The van der Waals surface area contributed by atoms with E-state index in [0.717, 1.165) is 29.8 Å². The van der Waals surface area contributed by atoms with E-state index in [-0.39, 0.29) is 23.9 Å². The Morgan fingerprint density at radius 2 is 2.12 bits per heavy atom. The second-order valence-electron chi connectivity index (χ2n) is 7.15. The minimum absolute atomic E-state index is 0.0187. The van der Waals surface area contributed by atoms with Crippen LogP contribution in [0.5, 0.6) is 0 Å². The maximum atomic E-state index is 12.7. The molecule has 3 atom stereocenters. The molecule has 2 fully saturated rings. The summed E-state index contributed by atoms with van der Waals surface area (Å²) in [7, 11) is 0. The van der Waals surface area contributed by atoms with Gasteiger partial charge in [-0.1, -0.05) is 35.9 Å². The molecule has 2 heterocycles. The minimum Gasteiger partial charge on any atom is -0.348 e. The molecule has 2 bridgehead atoms. The lowest BCUT2D eigenvalue weighted by molar-refractivity contribution is -0.132. The molecular weight excluding hydrogens is 332 g/mol. The van der Waals surface area contributed by atoms with Crippen molar-refractivity contribution < 1.29 is 9.59 Å². The van der Waals surface area contributed by atoms with Crippen LogP contribution in [0.3, 0.4) is 0 Å². The largest absolute Gasteiger partial charge is 0.348 e. The average molecular weight is 354 g/mol. The normalized spacial score (nSPS) is 24.5. The molecule has 130 valence electrons. The van der Waals surface area contributed by atoms with Crippen LogP contribution >= 0.6 is 11.3 Å². The summed E-state index contributed by atoms with van der Waals surface area (Å²) in [4.78, 5) is 27.7. The van der Waals surface area contributed by atoms with Crippen molar-refractivity contribution in [3.63, 3.8) is 0 Å². The van der Waals surface area contributed by atoms with E-state index < -0.39 is 0 Å². The number of piperidine rings is 1. The van der Waals surface area contributed by atoms with Crippen LogP contribution in [0.2, 0.25) is 0 Å². The van der Waals surface area contributed by atoms with Crippen LogP contribution in [0, 0.1) is 12.8 Å². The SMILES string of the molecule is Cc1cccc(CC(=O)N2C[C@@H]3C[C@H]2C[C@@H]3NC(=O)c2cccs2)c1. The third kappa shape index (κ3) is 3.33. The second kappa shape index (κ2) is 6.64. The van der Waals surface area contributed by atoms with Gasteiger partial charge in [0.2, 0.25) is 5.91 Å². The van der Waals surface area contributed by atoms with Gasteiger partial charge in [0.15, 0.2) is 0 Å². The number of carbonyl (C=O) groups is 2. The van der Waals surface area contributed by atoms with Gasteiger partial charge in [0.1, 0.15) is 0 Å². The van der Waals surface area contributed by atoms with Crippen molar-refractivity contribution in [2.75, 3.05) is 6.54 Å². The third-order valence-corrected chi connectivity index (χ3v) is 6.23. The third-order valence-electron chi connectivity index (χ3n) is 5.36. The fourth-order valence-corrected chi connectivity index (χ4v) is 4.81. The number of fused-ring (bicyclic) bond motifs is 2. The number of rotatable bonds is 4. The first kappa shape index (κ1) is 16.3. The quantitative estimate of drug-likeness (QED) is 0.917. The zero-order chi connectivity index (χ0) is 17.4. The van der Waals surface area contributed by atoms with E-state index in [4.69, 9.17) is 0 Å². The van der Waals surface area contributed by atoms with Crippen molar-refractivity contribution in [1.29, 1.82) is 0 Å². The summed E-state index contributed by atoms with van der Waals surface area (Å²) < 4.78 is 0. The van der Waals surface area contributed by atoms with Gasteiger partial charge < -0.3 is 10.2 Å². The smallest absolute Gasteiger partial charge is 0.261 e. The number of amides is 2. The first-order chi connectivity index (χ1) is 12.1. The van der Waals surface area contributed by atoms with E-state index in [1.54, 1.807) is 0 Å². The lowest BCUT2D eigenvalue weighted by Gasteiger charge is -2.32. The number of benzene rings is 1. The fraction of sp³-hybridized carbons (Fsp3) is 0.400. The van der Waals surface area contributed by atoms with Gasteiger partial charge in [-0.25, -0.2) is 0 Å². The Kier molecular flexibility index (Phi) is 4.34. The maximum absolute atomic E-state index is 12.7. The average Bonchev–Trinajstić information content (AvgIpc) is 3.31. The Hall–Kier alpha value is -2.14. The van der Waals surface area contributed by atoms with Crippen LogP contribution in [0.4, 0.5) is 0 Å². The van der Waals surface area contributed by atoms with Crippen molar-refractivity contribution in [3.8, 4) is 0 Å². The summed E-state index contributed by atoms with van der Waals surface area (Å²) >= 11 is 1.47. The van der Waals surface area contributed by atoms with Crippen molar-refractivity contribution in [1.82, 2.24) is 10.2 Å². The highest BCUT2D eigenvalue weighted by atomic mass is 32.1. The van der Waals surface area contributed by atoms with Gasteiger partial charge in [-0.15, -0.1) is 11.3 Å². The lowest BCUT2D eigenvalue weighted by atomic mass is 10.0. The van der Waals surface area contributed by atoms with E-state index in [1.165, 1.54) is 16.9 Å². The summed E-state index contributed by atoms with van der Waals surface area (Å²) in [5, 5.41) is 5.08. The Balaban J connectivity index is 1.35. The molecule has 5 heteroatoms. The molecule has 1 aliphatic carbocycles. The molecule has 0 radical (unpaired) electrons. The lowest BCUT2D eigenvalue weighted by Crippen LogP contribution is -2.48. The van der Waals surface area contributed by atoms with Crippen LogP contribution < -0.4 is 5.32 Å². The molecular formula is C20H22N2O2S. The van der Waals surface area contributed by atoms with Gasteiger partial charge >= 0.3 is 0 Å². The number of hydrogen-bond acceptors (Lipinski definition) is 3. The molecule has 0 unspecified atom stereocenters. The van der Waals surface area contributed by atoms with Crippen LogP contribution in [0.15, 0.2) is 41.8 Å². The molecule has 4 rings (SSSR count). The molecule has 4 nitrogen and oxygen atoms in total. The molecule has 1 saturated carbocycles. The number of carbonyl (C=O) groups excluding carboxylic acids is 2. The number of aryl methyl sites for hydroxylation is 1.